The van der Waals surface area contributed by atoms with Crippen molar-refractivity contribution in [3.8, 4) is 0 Å². The van der Waals surface area contributed by atoms with Crippen LogP contribution in [-0.2, 0) is 6.54 Å². The number of anilines is 1. The molecule has 0 aliphatic carbocycles. The van der Waals surface area contributed by atoms with E-state index in [4.69, 9.17) is 0 Å². The van der Waals surface area contributed by atoms with Gasteiger partial charge in [0.2, 0.25) is 0 Å². The Hall–Kier alpha value is -3.28. The van der Waals surface area contributed by atoms with E-state index >= 15 is 0 Å². The van der Waals surface area contributed by atoms with Crippen molar-refractivity contribution in [3.05, 3.63) is 84.1 Å². The van der Waals surface area contributed by atoms with Crippen LogP contribution in [0.5, 0.6) is 0 Å². The summed E-state index contributed by atoms with van der Waals surface area (Å²) in [5.74, 6) is 0.370. The lowest BCUT2D eigenvalue weighted by Gasteiger charge is -2.14. The highest BCUT2D eigenvalue weighted by molar-refractivity contribution is 5.93. The molecule has 0 bridgehead atoms. The van der Waals surface area contributed by atoms with Crippen LogP contribution in [0.15, 0.2) is 67.3 Å². The maximum Gasteiger partial charge on any atom is 0.270 e. The zero-order chi connectivity index (χ0) is 17.5. The van der Waals surface area contributed by atoms with Crippen LogP contribution >= 0.6 is 0 Å². The third kappa shape index (κ3) is 4.60. The van der Waals surface area contributed by atoms with Gasteiger partial charge in [-0.25, -0.2) is 9.97 Å². The van der Waals surface area contributed by atoms with Crippen molar-refractivity contribution >= 4 is 11.7 Å². The third-order valence-electron chi connectivity index (χ3n) is 3.77. The van der Waals surface area contributed by atoms with Crippen molar-refractivity contribution in [2.75, 3.05) is 5.32 Å². The quantitative estimate of drug-likeness (QED) is 0.725. The van der Waals surface area contributed by atoms with Crippen LogP contribution in [-0.4, -0.2) is 20.9 Å². The number of hydrogen-bond acceptors (Lipinski definition) is 5. The minimum Gasteiger partial charge on any atom is -0.366 e. The first-order chi connectivity index (χ1) is 12.2. The number of carbonyl (C=O) groups excluding carboxylic acids is 1. The standard InChI is InChI=1S/C19H19N5O/c1-14(16-5-3-2-4-6-16)24-19(25)17-11-18(23-13-22-17)21-12-15-7-9-20-10-8-15/h2-11,13-14H,12H2,1H3,(H,24,25)(H,21,22,23). The third-order valence-corrected chi connectivity index (χ3v) is 3.77. The molecule has 6 heteroatoms. The van der Waals surface area contributed by atoms with Gasteiger partial charge in [0, 0.05) is 25.0 Å². The summed E-state index contributed by atoms with van der Waals surface area (Å²) < 4.78 is 0. The average molecular weight is 333 g/mol. The van der Waals surface area contributed by atoms with Gasteiger partial charge in [0.25, 0.3) is 5.91 Å². The molecular weight excluding hydrogens is 314 g/mol. The maximum atomic E-state index is 12.4. The van der Waals surface area contributed by atoms with Crippen molar-refractivity contribution in [3.63, 3.8) is 0 Å². The van der Waals surface area contributed by atoms with Crippen molar-refractivity contribution in [1.82, 2.24) is 20.3 Å². The Balaban J connectivity index is 1.63. The van der Waals surface area contributed by atoms with Gasteiger partial charge in [-0.1, -0.05) is 30.3 Å². The molecule has 0 saturated carbocycles. The highest BCUT2D eigenvalue weighted by Gasteiger charge is 2.13. The summed E-state index contributed by atoms with van der Waals surface area (Å²) in [7, 11) is 0. The van der Waals surface area contributed by atoms with Gasteiger partial charge in [-0.05, 0) is 30.2 Å². The predicted molar refractivity (Wildman–Crippen MR) is 95.9 cm³/mol. The predicted octanol–water partition coefficient (Wildman–Crippen LogP) is 2.97. The fourth-order valence-electron chi connectivity index (χ4n) is 2.37. The first-order valence-corrected chi connectivity index (χ1v) is 8.03. The second kappa shape index (κ2) is 8.01. The lowest BCUT2D eigenvalue weighted by atomic mass is 10.1. The Kier molecular flexibility index (Phi) is 5.31. The molecule has 0 aliphatic heterocycles. The van der Waals surface area contributed by atoms with Crippen molar-refractivity contribution < 1.29 is 4.79 Å². The van der Waals surface area contributed by atoms with E-state index in [2.05, 4.69) is 25.6 Å². The van der Waals surface area contributed by atoms with E-state index in [1.807, 2.05) is 49.4 Å². The Labute approximate surface area is 146 Å². The van der Waals surface area contributed by atoms with Gasteiger partial charge in [0.1, 0.15) is 17.8 Å². The van der Waals surface area contributed by atoms with Gasteiger partial charge in [-0.3, -0.25) is 9.78 Å². The molecule has 0 saturated heterocycles. The second-order valence-corrected chi connectivity index (χ2v) is 5.60. The summed E-state index contributed by atoms with van der Waals surface area (Å²) in [6, 6.07) is 15.2. The van der Waals surface area contributed by atoms with Crippen LogP contribution in [0.2, 0.25) is 0 Å². The van der Waals surface area contributed by atoms with Crippen molar-refractivity contribution in [2.45, 2.75) is 19.5 Å². The summed E-state index contributed by atoms with van der Waals surface area (Å²) in [6.07, 6.45) is 4.86. The molecule has 2 heterocycles. The van der Waals surface area contributed by atoms with Crippen molar-refractivity contribution in [1.29, 1.82) is 0 Å². The van der Waals surface area contributed by atoms with Crippen LogP contribution in [0, 0.1) is 0 Å². The first-order valence-electron chi connectivity index (χ1n) is 8.03. The number of aromatic nitrogens is 3. The molecular formula is C19H19N5O. The number of carbonyl (C=O) groups is 1. The summed E-state index contributed by atoms with van der Waals surface area (Å²) >= 11 is 0. The molecule has 3 rings (SSSR count). The molecule has 1 amide bonds. The monoisotopic (exact) mass is 333 g/mol. The fraction of sp³-hybridized carbons (Fsp3) is 0.158. The zero-order valence-corrected chi connectivity index (χ0v) is 13.9. The van der Waals surface area contributed by atoms with E-state index in [1.165, 1.54) is 6.33 Å². The number of nitrogens with one attached hydrogen (secondary N) is 2. The molecule has 6 nitrogen and oxygen atoms in total. The minimum absolute atomic E-state index is 0.100. The molecule has 1 atom stereocenters. The summed E-state index contributed by atoms with van der Waals surface area (Å²) in [4.78, 5) is 24.6. The van der Waals surface area contributed by atoms with Gasteiger partial charge in [0.15, 0.2) is 0 Å². The highest BCUT2D eigenvalue weighted by Crippen LogP contribution is 2.13. The lowest BCUT2D eigenvalue weighted by Crippen LogP contribution is -2.27. The van der Waals surface area contributed by atoms with E-state index in [9.17, 15) is 4.79 Å². The number of hydrogen-bond donors (Lipinski definition) is 2. The van der Waals surface area contributed by atoms with Gasteiger partial charge in [-0.15, -0.1) is 0 Å². The zero-order valence-electron chi connectivity index (χ0n) is 13.9. The maximum absolute atomic E-state index is 12.4. The number of rotatable bonds is 6. The summed E-state index contributed by atoms with van der Waals surface area (Å²) in [5, 5.41) is 6.13. The van der Waals surface area contributed by atoms with Crippen LogP contribution < -0.4 is 10.6 Å². The number of pyridine rings is 1. The van der Waals surface area contributed by atoms with E-state index in [0.717, 1.165) is 11.1 Å². The molecule has 1 aromatic carbocycles. The minimum atomic E-state index is -0.231. The molecule has 0 aliphatic rings. The van der Waals surface area contributed by atoms with E-state index in [0.29, 0.717) is 18.1 Å². The average Bonchev–Trinajstić information content (AvgIpc) is 2.68. The molecule has 0 fully saturated rings. The Morgan fingerprint density at radius 1 is 1.08 bits per heavy atom. The van der Waals surface area contributed by atoms with Crippen LogP contribution in [0.1, 0.15) is 34.6 Å². The van der Waals surface area contributed by atoms with E-state index in [-0.39, 0.29) is 11.9 Å². The van der Waals surface area contributed by atoms with Crippen LogP contribution in [0.25, 0.3) is 0 Å². The van der Waals surface area contributed by atoms with E-state index in [1.54, 1.807) is 18.5 Å². The smallest absolute Gasteiger partial charge is 0.270 e. The fourth-order valence-corrected chi connectivity index (χ4v) is 2.37. The summed E-state index contributed by atoms with van der Waals surface area (Å²) in [5.41, 5.74) is 2.45. The number of nitrogens with zero attached hydrogens (tertiary/aromatic N) is 3. The molecule has 126 valence electrons. The first kappa shape index (κ1) is 16.6. The topological polar surface area (TPSA) is 79.8 Å². The molecule has 2 N–H and O–H groups in total. The molecule has 2 aromatic heterocycles. The normalized spacial score (nSPS) is 11.6. The second-order valence-electron chi connectivity index (χ2n) is 5.60. The van der Waals surface area contributed by atoms with Gasteiger partial charge < -0.3 is 10.6 Å². The Morgan fingerprint density at radius 3 is 2.60 bits per heavy atom. The van der Waals surface area contributed by atoms with E-state index < -0.39 is 0 Å². The highest BCUT2D eigenvalue weighted by atomic mass is 16.1. The SMILES string of the molecule is CC(NC(=O)c1cc(NCc2ccncc2)ncn1)c1ccccc1. The van der Waals surface area contributed by atoms with Gasteiger partial charge in [0.05, 0.1) is 6.04 Å². The van der Waals surface area contributed by atoms with Crippen molar-refractivity contribution in [2.24, 2.45) is 0 Å². The van der Waals surface area contributed by atoms with Crippen LogP contribution in [0.3, 0.4) is 0 Å². The Bertz CT molecular complexity index is 823. The molecule has 0 spiro atoms. The largest absolute Gasteiger partial charge is 0.366 e. The lowest BCUT2D eigenvalue weighted by molar-refractivity contribution is 0.0934. The van der Waals surface area contributed by atoms with Crippen LogP contribution in [0.4, 0.5) is 5.82 Å². The molecule has 25 heavy (non-hydrogen) atoms. The molecule has 1 unspecified atom stereocenters. The Morgan fingerprint density at radius 2 is 1.84 bits per heavy atom. The van der Waals surface area contributed by atoms with Gasteiger partial charge in [-0.2, -0.15) is 0 Å². The van der Waals surface area contributed by atoms with Gasteiger partial charge >= 0.3 is 0 Å². The molecule has 3 aromatic rings. The summed E-state index contributed by atoms with van der Waals surface area (Å²) in [6.45, 7) is 2.54. The number of amides is 1. The number of benzene rings is 1. The molecule has 0 radical (unpaired) electrons.